The maximum atomic E-state index is 5.50. The Morgan fingerprint density at radius 1 is 1.56 bits per heavy atom. The summed E-state index contributed by atoms with van der Waals surface area (Å²) in [6, 6.07) is 0. The fourth-order valence-corrected chi connectivity index (χ4v) is 0.953. The van der Waals surface area contributed by atoms with E-state index in [0.29, 0.717) is 5.88 Å². The second-order valence-corrected chi connectivity index (χ2v) is 2.62. The van der Waals surface area contributed by atoms with Crippen LogP contribution in [-0.4, -0.2) is 5.88 Å². The van der Waals surface area contributed by atoms with Crippen LogP contribution in [0.3, 0.4) is 0 Å². The number of rotatable bonds is 4. The summed E-state index contributed by atoms with van der Waals surface area (Å²) >= 11 is 5.50. The van der Waals surface area contributed by atoms with Gasteiger partial charge in [-0.05, 0) is 19.8 Å². The van der Waals surface area contributed by atoms with Crippen molar-refractivity contribution >= 4 is 11.6 Å². The molecule has 9 heavy (non-hydrogen) atoms. The molecule has 0 radical (unpaired) electrons. The zero-order valence-electron chi connectivity index (χ0n) is 6.28. The van der Waals surface area contributed by atoms with E-state index in [9.17, 15) is 0 Å². The van der Waals surface area contributed by atoms with E-state index in [-0.39, 0.29) is 0 Å². The molecule has 0 nitrogen and oxygen atoms in total. The molecule has 0 aromatic heterocycles. The van der Waals surface area contributed by atoms with Crippen molar-refractivity contribution in [1.29, 1.82) is 0 Å². The van der Waals surface area contributed by atoms with Gasteiger partial charge >= 0.3 is 0 Å². The van der Waals surface area contributed by atoms with Gasteiger partial charge in [-0.25, -0.2) is 0 Å². The van der Waals surface area contributed by atoms with Gasteiger partial charge in [0.25, 0.3) is 0 Å². The molecule has 0 unspecified atom stereocenters. The molecule has 0 saturated heterocycles. The third-order valence-corrected chi connectivity index (χ3v) is 1.50. The van der Waals surface area contributed by atoms with Crippen LogP contribution in [0.4, 0.5) is 0 Å². The number of allylic oxidation sites excluding steroid dienone is 2. The van der Waals surface area contributed by atoms with E-state index in [4.69, 9.17) is 11.6 Å². The summed E-state index contributed by atoms with van der Waals surface area (Å²) in [6.07, 6.45) is 5.85. The lowest BCUT2D eigenvalue weighted by Gasteiger charge is -1.95. The molecular formula is C8H15Cl. The highest BCUT2D eigenvalue weighted by molar-refractivity contribution is 6.18. The number of alkyl halides is 1. The maximum Gasteiger partial charge on any atom is 0.0406 e. The highest BCUT2D eigenvalue weighted by atomic mass is 35.5. The Morgan fingerprint density at radius 3 is 2.67 bits per heavy atom. The molecule has 0 aliphatic heterocycles. The third-order valence-electron chi connectivity index (χ3n) is 1.35. The number of hydrogen-bond acceptors (Lipinski definition) is 0. The number of hydrogen-bond donors (Lipinski definition) is 0. The van der Waals surface area contributed by atoms with Crippen molar-refractivity contribution < 1.29 is 0 Å². The SMILES string of the molecule is CCCCC(C)=CCCl. The molecular weight excluding hydrogens is 132 g/mol. The predicted molar refractivity (Wildman–Crippen MR) is 44.0 cm³/mol. The molecule has 0 N–H and O–H groups in total. The Bertz CT molecular complexity index is 84.6. The second-order valence-electron chi connectivity index (χ2n) is 2.31. The van der Waals surface area contributed by atoms with E-state index in [2.05, 4.69) is 19.9 Å². The molecule has 0 amide bonds. The topological polar surface area (TPSA) is 0 Å². The minimum atomic E-state index is 0.662. The molecule has 0 rings (SSSR count). The average molecular weight is 147 g/mol. The molecule has 0 saturated carbocycles. The first-order valence-electron chi connectivity index (χ1n) is 3.52. The van der Waals surface area contributed by atoms with Crippen LogP contribution >= 0.6 is 11.6 Å². The molecule has 0 fully saturated rings. The lowest BCUT2D eigenvalue weighted by atomic mass is 10.1. The number of halogens is 1. The van der Waals surface area contributed by atoms with E-state index in [1.54, 1.807) is 0 Å². The molecule has 0 aromatic carbocycles. The van der Waals surface area contributed by atoms with Gasteiger partial charge in [-0.1, -0.05) is 25.0 Å². The van der Waals surface area contributed by atoms with Crippen molar-refractivity contribution in [3.05, 3.63) is 11.6 Å². The zero-order valence-corrected chi connectivity index (χ0v) is 7.04. The van der Waals surface area contributed by atoms with Gasteiger partial charge in [0, 0.05) is 5.88 Å². The lowest BCUT2D eigenvalue weighted by Crippen LogP contribution is -1.77. The number of unbranched alkanes of at least 4 members (excludes halogenated alkanes) is 1. The first kappa shape index (κ1) is 9.03. The van der Waals surface area contributed by atoms with E-state index in [1.165, 1.54) is 24.8 Å². The zero-order chi connectivity index (χ0) is 7.11. The second kappa shape index (κ2) is 6.15. The van der Waals surface area contributed by atoms with Gasteiger partial charge in [-0.2, -0.15) is 0 Å². The summed E-state index contributed by atoms with van der Waals surface area (Å²) in [5.74, 6) is 0.662. The van der Waals surface area contributed by atoms with Crippen LogP contribution < -0.4 is 0 Å². The van der Waals surface area contributed by atoms with E-state index in [1.807, 2.05) is 0 Å². The summed E-state index contributed by atoms with van der Waals surface area (Å²) in [5, 5.41) is 0. The predicted octanol–water partition coefficient (Wildman–Crippen LogP) is 3.36. The Morgan fingerprint density at radius 2 is 2.22 bits per heavy atom. The smallest absolute Gasteiger partial charge is 0.0406 e. The van der Waals surface area contributed by atoms with Crippen LogP contribution in [0.25, 0.3) is 0 Å². The third kappa shape index (κ3) is 5.91. The van der Waals surface area contributed by atoms with Crippen molar-refractivity contribution in [1.82, 2.24) is 0 Å². The van der Waals surface area contributed by atoms with Gasteiger partial charge in [0.15, 0.2) is 0 Å². The first-order chi connectivity index (χ1) is 4.31. The Labute approximate surface area is 62.9 Å². The van der Waals surface area contributed by atoms with Crippen LogP contribution in [0.5, 0.6) is 0 Å². The van der Waals surface area contributed by atoms with Gasteiger partial charge in [0.05, 0.1) is 0 Å². The van der Waals surface area contributed by atoms with Crippen molar-refractivity contribution in [2.75, 3.05) is 5.88 Å². The molecule has 0 aliphatic carbocycles. The monoisotopic (exact) mass is 146 g/mol. The van der Waals surface area contributed by atoms with Crippen molar-refractivity contribution in [3.8, 4) is 0 Å². The molecule has 0 aliphatic rings. The van der Waals surface area contributed by atoms with Gasteiger partial charge in [0.1, 0.15) is 0 Å². The van der Waals surface area contributed by atoms with E-state index in [0.717, 1.165) is 0 Å². The first-order valence-corrected chi connectivity index (χ1v) is 4.06. The summed E-state index contributed by atoms with van der Waals surface area (Å²) in [6.45, 7) is 4.34. The van der Waals surface area contributed by atoms with Crippen LogP contribution in [0, 0.1) is 0 Å². The summed E-state index contributed by atoms with van der Waals surface area (Å²) in [5.41, 5.74) is 1.42. The van der Waals surface area contributed by atoms with Gasteiger partial charge in [-0.15, -0.1) is 11.6 Å². The quantitative estimate of drug-likeness (QED) is 0.422. The van der Waals surface area contributed by atoms with Crippen LogP contribution in [-0.2, 0) is 0 Å². The van der Waals surface area contributed by atoms with Gasteiger partial charge in [0.2, 0.25) is 0 Å². The van der Waals surface area contributed by atoms with Crippen molar-refractivity contribution in [2.24, 2.45) is 0 Å². The van der Waals surface area contributed by atoms with Crippen LogP contribution in [0.2, 0.25) is 0 Å². The van der Waals surface area contributed by atoms with Gasteiger partial charge < -0.3 is 0 Å². The molecule has 1 heteroatoms. The fraction of sp³-hybridized carbons (Fsp3) is 0.750. The van der Waals surface area contributed by atoms with E-state index < -0.39 is 0 Å². The summed E-state index contributed by atoms with van der Waals surface area (Å²) < 4.78 is 0. The normalized spacial score (nSPS) is 12.1. The Kier molecular flexibility index (Phi) is 6.18. The minimum Gasteiger partial charge on any atom is -0.122 e. The highest BCUT2D eigenvalue weighted by Crippen LogP contribution is 2.05. The largest absolute Gasteiger partial charge is 0.122 e. The van der Waals surface area contributed by atoms with Crippen molar-refractivity contribution in [2.45, 2.75) is 33.1 Å². The molecule has 0 atom stereocenters. The molecule has 0 spiro atoms. The lowest BCUT2D eigenvalue weighted by molar-refractivity contribution is 0.786. The molecule has 0 heterocycles. The highest BCUT2D eigenvalue weighted by Gasteiger charge is 1.86. The van der Waals surface area contributed by atoms with Crippen LogP contribution in [0.1, 0.15) is 33.1 Å². The Hall–Kier alpha value is 0.0300. The fourth-order valence-electron chi connectivity index (χ4n) is 0.689. The molecule has 54 valence electrons. The standard InChI is InChI=1S/C8H15Cl/c1-3-4-5-8(2)6-7-9/h6H,3-5,7H2,1-2H3. The summed E-state index contributed by atoms with van der Waals surface area (Å²) in [7, 11) is 0. The molecule has 0 aromatic rings. The Balaban J connectivity index is 3.25. The average Bonchev–Trinajstić information content (AvgIpc) is 1.85. The maximum absolute atomic E-state index is 5.50. The minimum absolute atomic E-state index is 0.662. The molecule has 0 bridgehead atoms. The van der Waals surface area contributed by atoms with E-state index >= 15 is 0 Å². The van der Waals surface area contributed by atoms with Gasteiger partial charge in [-0.3, -0.25) is 0 Å². The van der Waals surface area contributed by atoms with Crippen LogP contribution in [0.15, 0.2) is 11.6 Å². The van der Waals surface area contributed by atoms with Crippen molar-refractivity contribution in [3.63, 3.8) is 0 Å². The summed E-state index contributed by atoms with van der Waals surface area (Å²) in [4.78, 5) is 0.